The van der Waals surface area contributed by atoms with Crippen LogP contribution in [0, 0.1) is 0 Å². The van der Waals surface area contributed by atoms with E-state index in [0.29, 0.717) is 23.4 Å². The van der Waals surface area contributed by atoms with Crippen LogP contribution in [0.3, 0.4) is 0 Å². The molecule has 0 unspecified atom stereocenters. The fourth-order valence-corrected chi connectivity index (χ4v) is 1.62. The molecule has 0 radical (unpaired) electrons. The summed E-state index contributed by atoms with van der Waals surface area (Å²) in [5, 5.41) is 0. The van der Waals surface area contributed by atoms with E-state index in [1.165, 1.54) is 6.07 Å². The lowest BCUT2D eigenvalue weighted by Crippen LogP contribution is -2.18. The van der Waals surface area contributed by atoms with Crippen molar-refractivity contribution in [2.24, 2.45) is 0 Å². The Hall–Kier alpha value is -1.36. The smallest absolute Gasteiger partial charge is 0.368 e. The first kappa shape index (κ1) is 11.1. The topological polar surface area (TPSA) is 22.1 Å². The number of hydrogen-bond acceptors (Lipinski definition) is 2. The molecule has 1 aromatic heterocycles. The Morgan fingerprint density at radius 1 is 1.44 bits per heavy atom. The van der Waals surface area contributed by atoms with Gasteiger partial charge in [0.15, 0.2) is 0 Å². The maximum absolute atomic E-state index is 12.5. The lowest BCUT2D eigenvalue weighted by molar-refractivity contribution is -0.141. The Morgan fingerprint density at radius 2 is 2.12 bits per heavy atom. The van der Waals surface area contributed by atoms with Gasteiger partial charge >= 0.3 is 6.18 Å². The van der Waals surface area contributed by atoms with Crippen LogP contribution in [0.5, 0.6) is 0 Å². The highest BCUT2D eigenvalue weighted by molar-refractivity contribution is 5.67. The first-order valence-corrected chi connectivity index (χ1v) is 4.77. The van der Waals surface area contributed by atoms with Gasteiger partial charge in [-0.2, -0.15) is 13.2 Å². The van der Waals surface area contributed by atoms with Gasteiger partial charge in [0, 0.05) is 5.56 Å². The molecule has 2 rings (SSSR count). The van der Waals surface area contributed by atoms with Crippen molar-refractivity contribution in [1.82, 2.24) is 4.98 Å². The lowest BCUT2D eigenvalue weighted by Gasteiger charge is -2.24. The van der Waals surface area contributed by atoms with Crippen LogP contribution < -0.4 is 0 Å². The van der Waals surface area contributed by atoms with E-state index in [1.54, 1.807) is 6.92 Å². The van der Waals surface area contributed by atoms with Crippen molar-refractivity contribution in [3.05, 3.63) is 35.7 Å². The van der Waals surface area contributed by atoms with Crippen molar-refractivity contribution in [3.63, 3.8) is 0 Å². The van der Waals surface area contributed by atoms with E-state index in [9.17, 15) is 13.2 Å². The van der Waals surface area contributed by atoms with E-state index in [-0.39, 0.29) is 0 Å². The predicted molar refractivity (Wildman–Crippen MR) is 52.6 cm³/mol. The minimum atomic E-state index is -4.42. The Morgan fingerprint density at radius 3 is 2.75 bits per heavy atom. The molecule has 1 aliphatic rings. The fraction of sp³-hybridized carbons (Fsp3) is 0.364. The average molecular weight is 229 g/mol. The number of fused-ring (bicyclic) bond motifs is 1. The molecule has 2 heterocycles. The molecule has 16 heavy (non-hydrogen) atoms. The van der Waals surface area contributed by atoms with Crippen molar-refractivity contribution in [3.8, 4) is 0 Å². The molecule has 5 heteroatoms. The third-order valence-corrected chi connectivity index (χ3v) is 2.49. The summed E-state index contributed by atoms with van der Waals surface area (Å²) < 4.78 is 42.6. The molecule has 1 aromatic rings. The van der Waals surface area contributed by atoms with Crippen LogP contribution in [0.25, 0.3) is 5.57 Å². The molecule has 1 aliphatic heterocycles. The number of alkyl halides is 3. The lowest BCUT2D eigenvalue weighted by atomic mass is 10.00. The van der Waals surface area contributed by atoms with Crippen molar-refractivity contribution in [2.45, 2.75) is 19.2 Å². The highest BCUT2D eigenvalue weighted by Gasteiger charge is 2.34. The minimum Gasteiger partial charge on any atom is -0.368 e. The number of halogens is 3. The highest BCUT2D eigenvalue weighted by Crippen LogP contribution is 2.34. The predicted octanol–water partition coefficient (Wildman–Crippen LogP) is 3.20. The normalized spacial score (nSPS) is 20.8. The molecule has 0 bridgehead atoms. The zero-order valence-electron chi connectivity index (χ0n) is 8.64. The van der Waals surface area contributed by atoms with Crippen molar-refractivity contribution in [2.75, 3.05) is 6.61 Å². The second-order valence-corrected chi connectivity index (χ2v) is 3.68. The molecule has 0 N–H and O–H groups in total. The Labute approximate surface area is 90.8 Å². The molecule has 0 aromatic carbocycles. The van der Waals surface area contributed by atoms with Gasteiger partial charge < -0.3 is 4.74 Å². The zero-order valence-corrected chi connectivity index (χ0v) is 8.64. The Balaban J connectivity index is 2.52. The first-order chi connectivity index (χ1) is 7.39. The van der Waals surface area contributed by atoms with Gasteiger partial charge in [0.05, 0.1) is 18.4 Å². The van der Waals surface area contributed by atoms with Gasteiger partial charge in [-0.05, 0) is 18.6 Å². The largest absolute Gasteiger partial charge is 0.433 e. The van der Waals surface area contributed by atoms with Crippen molar-refractivity contribution in [1.29, 1.82) is 0 Å². The molecule has 0 fully saturated rings. The van der Waals surface area contributed by atoms with Crippen molar-refractivity contribution < 1.29 is 17.9 Å². The first-order valence-electron chi connectivity index (χ1n) is 4.77. The SMILES string of the molecule is C=C1CO[C@H](C)c2nc(C(F)(F)F)ccc21. The third-order valence-electron chi connectivity index (χ3n) is 2.49. The second-order valence-electron chi connectivity index (χ2n) is 3.68. The maximum Gasteiger partial charge on any atom is 0.433 e. The molecular formula is C11H10F3NO. The standard InChI is InChI=1S/C11H10F3NO/c1-6-5-16-7(2)10-8(6)3-4-9(15-10)11(12,13)14/h3-4,7H,1,5H2,2H3/t7-/m1/s1. The van der Waals surface area contributed by atoms with Crippen LogP contribution in [0.2, 0.25) is 0 Å². The summed E-state index contributed by atoms with van der Waals surface area (Å²) in [5.41, 5.74) is 0.739. The van der Waals surface area contributed by atoms with Crippen molar-refractivity contribution >= 4 is 5.57 Å². The molecule has 0 spiro atoms. The second kappa shape index (κ2) is 3.59. The zero-order chi connectivity index (χ0) is 11.9. The summed E-state index contributed by atoms with van der Waals surface area (Å²) in [5.74, 6) is 0. The number of pyridine rings is 1. The summed E-state index contributed by atoms with van der Waals surface area (Å²) in [6, 6.07) is 2.38. The van der Waals surface area contributed by atoms with Crippen LogP contribution in [0.4, 0.5) is 13.2 Å². The number of rotatable bonds is 0. The summed E-state index contributed by atoms with van der Waals surface area (Å²) in [7, 11) is 0. The molecule has 0 amide bonds. The fourth-order valence-electron chi connectivity index (χ4n) is 1.62. The summed E-state index contributed by atoms with van der Waals surface area (Å²) in [6.45, 7) is 5.75. The van der Waals surface area contributed by atoms with Gasteiger partial charge in [0.2, 0.25) is 0 Å². The Kier molecular flexibility index (Phi) is 2.50. The van der Waals surface area contributed by atoms with Crippen LogP contribution in [0.15, 0.2) is 18.7 Å². The molecule has 0 aliphatic carbocycles. The van der Waals surface area contributed by atoms with Crippen LogP contribution in [-0.2, 0) is 10.9 Å². The maximum atomic E-state index is 12.5. The quantitative estimate of drug-likeness (QED) is 0.681. The molecule has 86 valence electrons. The van der Waals surface area contributed by atoms with Crippen LogP contribution in [0.1, 0.15) is 30.0 Å². The molecule has 0 saturated heterocycles. The minimum absolute atomic E-state index is 0.311. The number of aromatic nitrogens is 1. The number of ether oxygens (including phenoxy) is 1. The summed E-state index contributed by atoms with van der Waals surface area (Å²) in [6.07, 6.45) is -4.85. The van der Waals surface area contributed by atoms with E-state index in [1.807, 2.05) is 0 Å². The van der Waals surface area contributed by atoms with Gasteiger partial charge in [-0.3, -0.25) is 0 Å². The summed E-state index contributed by atoms with van der Waals surface area (Å²) >= 11 is 0. The molecule has 2 nitrogen and oxygen atoms in total. The van der Waals surface area contributed by atoms with E-state index in [2.05, 4.69) is 11.6 Å². The van der Waals surface area contributed by atoms with E-state index < -0.39 is 18.0 Å². The van der Waals surface area contributed by atoms with Gasteiger partial charge in [0.1, 0.15) is 5.69 Å². The van der Waals surface area contributed by atoms with Gasteiger partial charge in [-0.25, -0.2) is 4.98 Å². The van der Waals surface area contributed by atoms with Gasteiger partial charge in [0.25, 0.3) is 0 Å². The van der Waals surface area contributed by atoms with E-state index >= 15 is 0 Å². The molecular weight excluding hydrogens is 219 g/mol. The van der Waals surface area contributed by atoms with E-state index in [4.69, 9.17) is 4.74 Å². The average Bonchev–Trinajstić information content (AvgIpc) is 2.22. The van der Waals surface area contributed by atoms with Crippen LogP contribution >= 0.6 is 0 Å². The van der Waals surface area contributed by atoms with E-state index in [0.717, 1.165) is 6.07 Å². The Bertz CT molecular complexity index is 439. The number of nitrogens with zero attached hydrogens (tertiary/aromatic N) is 1. The van der Waals surface area contributed by atoms with Gasteiger partial charge in [-0.15, -0.1) is 0 Å². The third kappa shape index (κ3) is 1.82. The van der Waals surface area contributed by atoms with Crippen LogP contribution in [-0.4, -0.2) is 11.6 Å². The number of hydrogen-bond donors (Lipinski definition) is 0. The van der Waals surface area contributed by atoms with Gasteiger partial charge in [-0.1, -0.05) is 12.6 Å². The monoisotopic (exact) mass is 229 g/mol. The molecule has 0 saturated carbocycles. The summed E-state index contributed by atoms with van der Waals surface area (Å²) in [4.78, 5) is 3.61. The molecule has 1 atom stereocenters. The highest BCUT2D eigenvalue weighted by atomic mass is 19.4.